The first-order valence-corrected chi connectivity index (χ1v) is 11.7. The van der Waals surface area contributed by atoms with Gasteiger partial charge in [-0.1, -0.05) is 60.3 Å². The van der Waals surface area contributed by atoms with Crippen LogP contribution in [0.1, 0.15) is 17.0 Å². The maximum atomic E-state index is 12.4. The summed E-state index contributed by atoms with van der Waals surface area (Å²) in [5.74, 6) is 1.63. The Morgan fingerprint density at radius 3 is 2.79 bits per heavy atom. The number of carbonyl (C=O) groups is 1. The van der Waals surface area contributed by atoms with Crippen LogP contribution in [-0.2, 0) is 17.9 Å². The minimum Gasteiger partial charge on any atom is -0.485 e. The van der Waals surface area contributed by atoms with Gasteiger partial charge in [0.05, 0.1) is 5.75 Å². The summed E-state index contributed by atoms with van der Waals surface area (Å²) in [4.78, 5) is 12.4. The lowest BCUT2D eigenvalue weighted by Crippen LogP contribution is -2.15. The van der Waals surface area contributed by atoms with Gasteiger partial charge in [0.2, 0.25) is 5.91 Å². The number of anilines is 1. The molecule has 0 unspecified atom stereocenters. The number of ether oxygens (including phenoxy) is 1. The Kier molecular flexibility index (Phi) is 7.10. The lowest BCUT2D eigenvalue weighted by molar-refractivity contribution is -0.113. The van der Waals surface area contributed by atoms with Gasteiger partial charge in [0.25, 0.3) is 0 Å². The van der Waals surface area contributed by atoms with Crippen molar-refractivity contribution in [1.29, 1.82) is 0 Å². The van der Waals surface area contributed by atoms with Crippen LogP contribution in [0.5, 0.6) is 5.75 Å². The highest BCUT2D eigenvalue weighted by atomic mass is 32.2. The first kappa shape index (κ1) is 22.6. The first-order valence-electron chi connectivity index (χ1n) is 10.7. The van der Waals surface area contributed by atoms with Gasteiger partial charge in [-0.15, -0.1) is 16.8 Å². The van der Waals surface area contributed by atoms with Crippen LogP contribution in [0.4, 0.5) is 5.69 Å². The average molecular weight is 459 g/mol. The molecule has 0 atom stereocenters. The molecule has 0 aliphatic carbocycles. The maximum absolute atomic E-state index is 12.4. The van der Waals surface area contributed by atoms with Crippen molar-refractivity contribution in [3.05, 3.63) is 90.3 Å². The van der Waals surface area contributed by atoms with Crippen LogP contribution in [0.3, 0.4) is 0 Å². The largest absolute Gasteiger partial charge is 0.485 e. The number of nitrogens with zero attached hydrogens (tertiary/aromatic N) is 3. The van der Waals surface area contributed by atoms with Gasteiger partial charge in [0.15, 0.2) is 11.0 Å². The number of aromatic nitrogens is 3. The zero-order valence-corrected chi connectivity index (χ0v) is 19.6. The Morgan fingerprint density at radius 1 is 1.12 bits per heavy atom. The van der Waals surface area contributed by atoms with Crippen molar-refractivity contribution in [2.75, 3.05) is 11.1 Å². The second kappa shape index (κ2) is 10.4. The van der Waals surface area contributed by atoms with Crippen LogP contribution in [0.15, 0.2) is 78.5 Å². The number of nitrogens with one attached hydrogen (secondary N) is 1. The van der Waals surface area contributed by atoms with Crippen LogP contribution >= 0.6 is 11.8 Å². The third-order valence-electron chi connectivity index (χ3n) is 5.24. The number of aryl methyl sites for hydroxylation is 2. The van der Waals surface area contributed by atoms with Gasteiger partial charge < -0.3 is 10.1 Å². The number of carbonyl (C=O) groups excluding carboxylic acids is 1. The monoisotopic (exact) mass is 458 g/mol. The molecular formula is C26H26N4O2S. The second-order valence-corrected chi connectivity index (χ2v) is 8.65. The SMILES string of the molecule is C=CCn1c(COc2ccc3ccccc3c2C)nnc1SCC(=O)Nc1cccc(C)c1. The third-order valence-corrected chi connectivity index (χ3v) is 6.21. The molecule has 3 aromatic carbocycles. The highest BCUT2D eigenvalue weighted by Gasteiger charge is 2.15. The summed E-state index contributed by atoms with van der Waals surface area (Å²) in [6.07, 6.45) is 1.78. The van der Waals surface area contributed by atoms with E-state index in [2.05, 4.69) is 47.2 Å². The van der Waals surface area contributed by atoms with Crippen LogP contribution < -0.4 is 10.1 Å². The molecule has 168 valence electrons. The molecule has 0 radical (unpaired) electrons. The van der Waals surface area contributed by atoms with Gasteiger partial charge in [0, 0.05) is 12.2 Å². The van der Waals surface area contributed by atoms with Gasteiger partial charge in [-0.05, 0) is 53.9 Å². The lowest BCUT2D eigenvalue weighted by Gasteiger charge is -2.12. The summed E-state index contributed by atoms with van der Waals surface area (Å²) < 4.78 is 8.03. The van der Waals surface area contributed by atoms with E-state index in [1.54, 1.807) is 6.08 Å². The molecule has 6 nitrogen and oxygen atoms in total. The highest BCUT2D eigenvalue weighted by Crippen LogP contribution is 2.28. The van der Waals surface area contributed by atoms with Crippen LogP contribution in [0.2, 0.25) is 0 Å². The lowest BCUT2D eigenvalue weighted by atomic mass is 10.0. The number of benzene rings is 3. The minimum atomic E-state index is -0.0941. The standard InChI is InChI=1S/C26H26N4O2S/c1-4-14-30-24(16-32-23-13-12-20-9-5-6-11-22(20)19(23)3)28-29-26(30)33-17-25(31)27-21-10-7-8-18(2)15-21/h4-13,15H,1,14,16-17H2,2-3H3,(H,27,31). The van der Waals surface area contributed by atoms with Crippen LogP contribution in [0, 0.1) is 13.8 Å². The van der Waals surface area contributed by atoms with Gasteiger partial charge in [-0.3, -0.25) is 9.36 Å². The van der Waals surface area contributed by atoms with Crippen LogP contribution in [-0.4, -0.2) is 26.4 Å². The smallest absolute Gasteiger partial charge is 0.234 e. The summed E-state index contributed by atoms with van der Waals surface area (Å²) in [7, 11) is 0. The van der Waals surface area contributed by atoms with Crippen molar-refractivity contribution in [2.45, 2.75) is 32.2 Å². The van der Waals surface area contributed by atoms with Crippen molar-refractivity contribution < 1.29 is 9.53 Å². The van der Waals surface area contributed by atoms with E-state index in [9.17, 15) is 4.79 Å². The average Bonchev–Trinajstić information content (AvgIpc) is 3.19. The molecule has 1 amide bonds. The normalized spacial score (nSPS) is 10.8. The quantitative estimate of drug-likeness (QED) is 0.263. The molecule has 0 aliphatic rings. The molecule has 1 aromatic heterocycles. The van der Waals surface area contributed by atoms with Crippen molar-refractivity contribution >= 4 is 34.1 Å². The molecule has 33 heavy (non-hydrogen) atoms. The Balaban J connectivity index is 1.42. The van der Waals surface area contributed by atoms with Gasteiger partial charge in [-0.25, -0.2) is 0 Å². The zero-order chi connectivity index (χ0) is 23.2. The van der Waals surface area contributed by atoms with Crippen molar-refractivity contribution in [1.82, 2.24) is 14.8 Å². The number of fused-ring (bicyclic) bond motifs is 1. The van der Waals surface area contributed by atoms with Crippen molar-refractivity contribution in [3.63, 3.8) is 0 Å². The molecule has 4 aromatic rings. The third kappa shape index (κ3) is 5.43. The molecule has 0 aliphatic heterocycles. The predicted molar refractivity (Wildman–Crippen MR) is 134 cm³/mol. The van der Waals surface area contributed by atoms with E-state index in [0.29, 0.717) is 17.5 Å². The molecule has 0 saturated heterocycles. The van der Waals surface area contributed by atoms with E-state index < -0.39 is 0 Å². The number of rotatable bonds is 9. The number of hydrogen-bond donors (Lipinski definition) is 1. The van der Waals surface area contributed by atoms with E-state index in [1.165, 1.54) is 22.5 Å². The van der Waals surface area contributed by atoms with Crippen LogP contribution in [0.25, 0.3) is 10.8 Å². The molecule has 0 spiro atoms. The van der Waals surface area contributed by atoms with E-state index in [1.807, 2.05) is 54.0 Å². The molecule has 4 rings (SSSR count). The van der Waals surface area contributed by atoms with Crippen molar-refractivity contribution in [2.24, 2.45) is 0 Å². The fraction of sp³-hybridized carbons (Fsp3) is 0.192. The predicted octanol–water partition coefficient (Wildman–Crippen LogP) is 5.54. The number of hydrogen-bond acceptors (Lipinski definition) is 5. The zero-order valence-electron chi connectivity index (χ0n) is 18.7. The molecule has 0 saturated carbocycles. The molecular weight excluding hydrogens is 432 g/mol. The second-order valence-electron chi connectivity index (χ2n) is 7.70. The Bertz CT molecular complexity index is 1300. The number of amides is 1. The molecule has 7 heteroatoms. The number of allylic oxidation sites excluding steroid dienone is 1. The fourth-order valence-corrected chi connectivity index (χ4v) is 4.37. The first-order chi connectivity index (χ1) is 16.0. The van der Waals surface area contributed by atoms with Gasteiger partial charge >= 0.3 is 0 Å². The molecule has 1 heterocycles. The number of thioether (sulfide) groups is 1. The van der Waals surface area contributed by atoms with E-state index >= 15 is 0 Å². The Labute approximate surface area is 197 Å². The Hall–Kier alpha value is -3.58. The summed E-state index contributed by atoms with van der Waals surface area (Å²) in [5, 5.41) is 14.5. The maximum Gasteiger partial charge on any atom is 0.234 e. The summed E-state index contributed by atoms with van der Waals surface area (Å²) in [5.41, 5.74) is 2.97. The Morgan fingerprint density at radius 2 is 1.97 bits per heavy atom. The summed E-state index contributed by atoms with van der Waals surface area (Å²) >= 11 is 1.34. The fourth-order valence-electron chi connectivity index (χ4n) is 3.60. The highest BCUT2D eigenvalue weighted by molar-refractivity contribution is 7.99. The summed E-state index contributed by atoms with van der Waals surface area (Å²) in [6.45, 7) is 8.69. The molecule has 0 bridgehead atoms. The molecule has 1 N–H and O–H groups in total. The van der Waals surface area contributed by atoms with Crippen molar-refractivity contribution in [3.8, 4) is 5.75 Å². The van der Waals surface area contributed by atoms with E-state index in [-0.39, 0.29) is 18.3 Å². The van der Waals surface area contributed by atoms with Gasteiger partial charge in [-0.2, -0.15) is 0 Å². The summed E-state index contributed by atoms with van der Waals surface area (Å²) in [6, 6.07) is 20.0. The molecule has 0 fully saturated rings. The van der Waals surface area contributed by atoms with E-state index in [4.69, 9.17) is 4.74 Å². The minimum absolute atomic E-state index is 0.0941. The van der Waals surface area contributed by atoms with E-state index in [0.717, 1.165) is 22.6 Å². The topological polar surface area (TPSA) is 69.0 Å². The van der Waals surface area contributed by atoms with Gasteiger partial charge in [0.1, 0.15) is 12.4 Å².